The monoisotopic (exact) mass is 236 g/mol. The molecule has 0 aliphatic carbocycles. The molecule has 1 aromatic heterocycles. The molecule has 0 spiro atoms. The van der Waals surface area contributed by atoms with Crippen LogP contribution in [-0.2, 0) is 12.0 Å². The number of thiazole rings is 1. The Labute approximate surface area is 102 Å². The molecule has 16 heavy (non-hydrogen) atoms. The Morgan fingerprint density at radius 2 is 2.25 bits per heavy atom. The predicted octanol–water partition coefficient (Wildman–Crippen LogP) is 2.94. The van der Waals surface area contributed by atoms with Crippen LogP contribution in [0.3, 0.4) is 0 Å². The maximum absolute atomic E-state index is 5.26. The van der Waals surface area contributed by atoms with Crippen LogP contribution in [0.25, 0.3) is 0 Å². The van der Waals surface area contributed by atoms with Crippen molar-refractivity contribution < 1.29 is 0 Å². The minimum Gasteiger partial charge on any atom is -0.308 e. The van der Waals surface area contributed by atoms with Gasteiger partial charge in [-0.25, -0.2) is 4.98 Å². The summed E-state index contributed by atoms with van der Waals surface area (Å²) >= 11 is 1.73. The second-order valence-corrected chi connectivity index (χ2v) is 5.94. The maximum Gasteiger partial charge on any atom is 0.0982 e. The Morgan fingerprint density at radius 1 is 1.56 bits per heavy atom. The fraction of sp³-hybridized carbons (Fsp3) is 0.615. The summed E-state index contributed by atoms with van der Waals surface area (Å²) in [5.74, 6) is 2.65. The molecule has 1 N–H and O–H groups in total. The van der Waals surface area contributed by atoms with Gasteiger partial charge in [0.1, 0.15) is 0 Å². The second-order valence-electron chi connectivity index (χ2n) is 5.08. The smallest absolute Gasteiger partial charge is 0.0982 e. The van der Waals surface area contributed by atoms with Gasteiger partial charge in [-0.05, 0) is 6.92 Å². The van der Waals surface area contributed by atoms with Gasteiger partial charge in [0.15, 0.2) is 0 Å². The van der Waals surface area contributed by atoms with Gasteiger partial charge in [-0.2, -0.15) is 0 Å². The minimum atomic E-state index is 0.146. The molecule has 0 aromatic carbocycles. The van der Waals surface area contributed by atoms with Gasteiger partial charge in [0.25, 0.3) is 0 Å². The highest BCUT2D eigenvalue weighted by Crippen LogP contribution is 2.25. The van der Waals surface area contributed by atoms with Crippen molar-refractivity contribution in [2.45, 2.75) is 52.1 Å². The molecule has 0 fully saturated rings. The first-order chi connectivity index (χ1) is 7.43. The van der Waals surface area contributed by atoms with Gasteiger partial charge in [0.05, 0.1) is 10.7 Å². The summed E-state index contributed by atoms with van der Waals surface area (Å²) in [6, 6.07) is 0.352. The Kier molecular flexibility index (Phi) is 4.52. The molecule has 2 nitrogen and oxygen atoms in total. The summed E-state index contributed by atoms with van der Waals surface area (Å²) in [6.45, 7) is 9.45. The molecule has 0 radical (unpaired) electrons. The van der Waals surface area contributed by atoms with E-state index in [9.17, 15) is 0 Å². The van der Waals surface area contributed by atoms with E-state index in [-0.39, 0.29) is 5.41 Å². The average Bonchev–Trinajstić information content (AvgIpc) is 2.63. The number of aromatic nitrogens is 1. The highest BCUT2D eigenvalue weighted by atomic mass is 32.1. The van der Waals surface area contributed by atoms with E-state index < -0.39 is 0 Å². The Bertz CT molecular complexity index is 368. The third kappa shape index (κ3) is 3.96. The van der Waals surface area contributed by atoms with Crippen molar-refractivity contribution in [1.29, 1.82) is 0 Å². The zero-order valence-electron chi connectivity index (χ0n) is 10.5. The molecule has 0 saturated carbocycles. The summed E-state index contributed by atoms with van der Waals surface area (Å²) in [5, 5.41) is 6.68. The number of terminal acetylenes is 1. The fourth-order valence-electron chi connectivity index (χ4n) is 1.26. The fourth-order valence-corrected chi connectivity index (χ4v) is 2.17. The summed E-state index contributed by atoms with van der Waals surface area (Å²) < 4.78 is 0. The number of nitrogens with one attached hydrogen (secondary N) is 1. The van der Waals surface area contributed by atoms with Gasteiger partial charge < -0.3 is 5.32 Å². The molecule has 0 unspecified atom stereocenters. The van der Waals surface area contributed by atoms with Crippen LogP contribution in [0.2, 0.25) is 0 Å². The Hall–Kier alpha value is -0.850. The van der Waals surface area contributed by atoms with Crippen molar-refractivity contribution in [3.63, 3.8) is 0 Å². The van der Waals surface area contributed by atoms with E-state index in [0.29, 0.717) is 6.04 Å². The first kappa shape index (κ1) is 13.2. The van der Waals surface area contributed by atoms with E-state index in [2.05, 4.69) is 49.3 Å². The standard InChI is InChI=1S/C13H20N2S/c1-6-7-10(2)14-8-11-9-16-12(15-11)13(3,4)5/h1,9-10,14H,7-8H2,2-5H3/t10-/m0/s1. The second kappa shape index (κ2) is 5.47. The molecule has 88 valence electrons. The lowest BCUT2D eigenvalue weighted by molar-refractivity contribution is 0.546. The van der Waals surface area contributed by atoms with Gasteiger partial charge in [-0.1, -0.05) is 20.8 Å². The van der Waals surface area contributed by atoms with Crippen LogP contribution < -0.4 is 5.32 Å². The van der Waals surface area contributed by atoms with E-state index in [1.807, 2.05) is 0 Å². The Morgan fingerprint density at radius 3 is 2.75 bits per heavy atom. The first-order valence-electron chi connectivity index (χ1n) is 5.55. The maximum atomic E-state index is 5.26. The largest absolute Gasteiger partial charge is 0.308 e. The lowest BCUT2D eigenvalue weighted by Gasteiger charge is -2.13. The van der Waals surface area contributed by atoms with Crippen LogP contribution in [0, 0.1) is 12.3 Å². The molecule has 1 heterocycles. The van der Waals surface area contributed by atoms with Crippen molar-refractivity contribution in [1.82, 2.24) is 10.3 Å². The highest BCUT2D eigenvalue weighted by Gasteiger charge is 2.17. The first-order valence-corrected chi connectivity index (χ1v) is 6.43. The molecular formula is C13H20N2S. The van der Waals surface area contributed by atoms with E-state index in [0.717, 1.165) is 18.7 Å². The van der Waals surface area contributed by atoms with Gasteiger partial charge in [0.2, 0.25) is 0 Å². The van der Waals surface area contributed by atoms with Crippen molar-refractivity contribution >= 4 is 11.3 Å². The molecule has 0 aliphatic rings. The average molecular weight is 236 g/mol. The summed E-state index contributed by atoms with van der Waals surface area (Å²) in [4.78, 5) is 4.62. The molecule has 1 rings (SSSR count). The molecule has 3 heteroatoms. The van der Waals surface area contributed by atoms with Crippen LogP contribution in [0.15, 0.2) is 5.38 Å². The Balaban J connectivity index is 2.51. The molecule has 0 bridgehead atoms. The van der Waals surface area contributed by atoms with Gasteiger partial charge in [-0.3, -0.25) is 0 Å². The van der Waals surface area contributed by atoms with Crippen molar-refractivity contribution in [3.8, 4) is 12.3 Å². The van der Waals surface area contributed by atoms with Gasteiger partial charge in [-0.15, -0.1) is 23.7 Å². The topological polar surface area (TPSA) is 24.9 Å². The lowest BCUT2D eigenvalue weighted by Crippen LogP contribution is -2.25. The third-order valence-corrected chi connectivity index (χ3v) is 3.57. The third-order valence-electron chi connectivity index (χ3n) is 2.25. The molecular weight excluding hydrogens is 216 g/mol. The lowest BCUT2D eigenvalue weighted by atomic mass is 9.98. The van der Waals surface area contributed by atoms with E-state index in [1.165, 1.54) is 5.01 Å². The van der Waals surface area contributed by atoms with Gasteiger partial charge >= 0.3 is 0 Å². The zero-order valence-corrected chi connectivity index (χ0v) is 11.3. The molecule has 1 atom stereocenters. The van der Waals surface area contributed by atoms with Crippen LogP contribution in [0.1, 0.15) is 44.8 Å². The minimum absolute atomic E-state index is 0.146. The van der Waals surface area contributed by atoms with E-state index >= 15 is 0 Å². The summed E-state index contributed by atoms with van der Waals surface area (Å²) in [5.41, 5.74) is 1.26. The van der Waals surface area contributed by atoms with Crippen LogP contribution in [-0.4, -0.2) is 11.0 Å². The molecule has 1 aromatic rings. The van der Waals surface area contributed by atoms with Crippen molar-refractivity contribution in [3.05, 3.63) is 16.1 Å². The van der Waals surface area contributed by atoms with Crippen molar-refractivity contribution in [2.75, 3.05) is 0 Å². The normalized spacial score (nSPS) is 13.4. The van der Waals surface area contributed by atoms with Gasteiger partial charge in [0, 0.05) is 29.8 Å². The quantitative estimate of drug-likeness (QED) is 0.813. The number of hydrogen-bond donors (Lipinski definition) is 1. The zero-order chi connectivity index (χ0) is 12.2. The van der Waals surface area contributed by atoms with E-state index in [1.54, 1.807) is 11.3 Å². The van der Waals surface area contributed by atoms with Crippen molar-refractivity contribution in [2.24, 2.45) is 0 Å². The molecule has 0 saturated heterocycles. The van der Waals surface area contributed by atoms with Crippen LogP contribution in [0.4, 0.5) is 0 Å². The molecule has 0 amide bonds. The number of hydrogen-bond acceptors (Lipinski definition) is 3. The highest BCUT2D eigenvalue weighted by molar-refractivity contribution is 7.09. The van der Waals surface area contributed by atoms with Crippen LogP contribution >= 0.6 is 11.3 Å². The number of nitrogens with zero attached hydrogens (tertiary/aromatic N) is 1. The van der Waals surface area contributed by atoms with Crippen LogP contribution in [0.5, 0.6) is 0 Å². The van der Waals surface area contributed by atoms with E-state index in [4.69, 9.17) is 6.42 Å². The molecule has 0 aliphatic heterocycles. The number of rotatable bonds is 4. The predicted molar refractivity (Wildman–Crippen MR) is 70.6 cm³/mol. The summed E-state index contributed by atoms with van der Waals surface area (Å²) in [6.07, 6.45) is 6.02. The SMILES string of the molecule is C#CC[C@H](C)NCc1csc(C(C)(C)C)n1. The summed E-state index contributed by atoms with van der Waals surface area (Å²) in [7, 11) is 0.